The Morgan fingerprint density at radius 3 is 2.67 bits per heavy atom. The number of carbonyl (C=O) groups is 2. The molecule has 1 atom stereocenters. The predicted molar refractivity (Wildman–Crippen MR) is 59.6 cm³/mol. The lowest BCUT2D eigenvalue weighted by Gasteiger charge is -2.19. The number of hydrogen-bond donors (Lipinski definition) is 4. The van der Waals surface area contributed by atoms with Crippen LogP contribution >= 0.6 is 0 Å². The summed E-state index contributed by atoms with van der Waals surface area (Å²) in [5.41, 5.74) is 0. The average molecular weight is 257 g/mol. The van der Waals surface area contributed by atoms with E-state index in [1.165, 1.54) is 11.9 Å². The van der Waals surface area contributed by atoms with Gasteiger partial charge in [0.1, 0.15) is 5.82 Å². The van der Waals surface area contributed by atoms with Crippen molar-refractivity contribution in [1.29, 1.82) is 0 Å². The first-order chi connectivity index (χ1) is 8.43. The van der Waals surface area contributed by atoms with Gasteiger partial charge < -0.3 is 20.4 Å². The number of carboxylic acid groups (broad SMARTS) is 1. The second-order valence-corrected chi connectivity index (χ2v) is 3.72. The highest BCUT2D eigenvalue weighted by atomic mass is 16.4. The van der Waals surface area contributed by atoms with Gasteiger partial charge in [-0.2, -0.15) is 5.10 Å². The molecule has 4 N–H and O–H groups in total. The quantitative estimate of drug-likeness (QED) is 0.518. The van der Waals surface area contributed by atoms with Crippen LogP contribution in [0.25, 0.3) is 0 Å². The first-order valence-electron chi connectivity index (χ1n) is 5.17. The van der Waals surface area contributed by atoms with Crippen molar-refractivity contribution in [2.24, 2.45) is 0 Å². The van der Waals surface area contributed by atoms with E-state index in [0.717, 1.165) is 0 Å². The first-order valence-corrected chi connectivity index (χ1v) is 5.17. The molecule has 0 fully saturated rings. The number of nitrogens with one attached hydrogen (secondary N) is 2. The van der Waals surface area contributed by atoms with E-state index in [1.54, 1.807) is 6.92 Å². The number of urea groups is 1. The molecule has 0 aliphatic rings. The van der Waals surface area contributed by atoms with Gasteiger partial charge in [0.2, 0.25) is 0 Å². The third-order valence-corrected chi connectivity index (χ3v) is 2.15. The van der Waals surface area contributed by atoms with Crippen LogP contribution < -0.4 is 5.32 Å². The average Bonchev–Trinajstić information content (AvgIpc) is 2.70. The fraction of sp³-hybridized carbons (Fsp3) is 0.556. The highest BCUT2D eigenvalue weighted by Gasteiger charge is 2.21. The van der Waals surface area contributed by atoms with Crippen LogP contribution in [0.2, 0.25) is 0 Å². The van der Waals surface area contributed by atoms with Gasteiger partial charge in [-0.3, -0.25) is 5.10 Å². The van der Waals surface area contributed by atoms with Crippen molar-refractivity contribution in [3.8, 4) is 0 Å². The van der Waals surface area contributed by atoms with Crippen molar-refractivity contribution in [2.75, 3.05) is 13.7 Å². The van der Waals surface area contributed by atoms with Crippen LogP contribution in [0.4, 0.5) is 4.79 Å². The van der Waals surface area contributed by atoms with Gasteiger partial charge in [-0.25, -0.2) is 14.6 Å². The van der Waals surface area contributed by atoms with E-state index in [4.69, 9.17) is 10.2 Å². The van der Waals surface area contributed by atoms with Gasteiger partial charge in [0.05, 0.1) is 13.2 Å². The summed E-state index contributed by atoms with van der Waals surface area (Å²) in [5, 5.41) is 26.1. The minimum absolute atomic E-state index is 0.133. The standard InChI is InChI=1S/C9H15N5O4/c1-5-10-7(13-12-5)3-14(2)9(18)11-6(4-15)8(16)17/h6,15H,3-4H2,1-2H3,(H,11,18)(H,16,17)(H,10,12,13)/t6-/m1/s1. The molecular weight excluding hydrogens is 242 g/mol. The first kappa shape index (κ1) is 13.9. The molecule has 0 aliphatic carbocycles. The largest absolute Gasteiger partial charge is 0.480 e. The Kier molecular flexibility index (Phi) is 4.60. The van der Waals surface area contributed by atoms with Crippen molar-refractivity contribution in [2.45, 2.75) is 19.5 Å². The topological polar surface area (TPSA) is 131 Å². The Balaban J connectivity index is 2.53. The van der Waals surface area contributed by atoms with Gasteiger partial charge in [0, 0.05) is 7.05 Å². The van der Waals surface area contributed by atoms with E-state index in [2.05, 4.69) is 20.5 Å². The lowest BCUT2D eigenvalue weighted by Crippen LogP contribution is -2.48. The third-order valence-electron chi connectivity index (χ3n) is 2.15. The molecule has 9 heteroatoms. The number of aromatic amines is 1. The lowest BCUT2D eigenvalue weighted by atomic mass is 10.3. The lowest BCUT2D eigenvalue weighted by molar-refractivity contribution is -0.140. The molecule has 1 aromatic heterocycles. The summed E-state index contributed by atoms with van der Waals surface area (Å²) < 4.78 is 0. The number of nitrogens with zero attached hydrogens (tertiary/aromatic N) is 3. The van der Waals surface area contributed by atoms with Crippen LogP contribution in [-0.2, 0) is 11.3 Å². The van der Waals surface area contributed by atoms with Crippen LogP contribution in [0.3, 0.4) is 0 Å². The summed E-state index contributed by atoms with van der Waals surface area (Å²) in [6, 6.07) is -1.95. The third kappa shape index (κ3) is 3.70. The maximum absolute atomic E-state index is 11.6. The maximum atomic E-state index is 11.6. The number of aliphatic hydroxyl groups excluding tert-OH is 1. The summed E-state index contributed by atoms with van der Waals surface area (Å²) in [6.45, 7) is 1.19. The molecule has 2 amide bonds. The fourth-order valence-electron chi connectivity index (χ4n) is 1.19. The minimum Gasteiger partial charge on any atom is -0.480 e. The van der Waals surface area contributed by atoms with Crippen LogP contribution in [0, 0.1) is 6.92 Å². The number of aliphatic hydroxyl groups is 1. The number of carboxylic acids is 1. The molecule has 0 saturated heterocycles. The van der Waals surface area contributed by atoms with Gasteiger partial charge in [0.15, 0.2) is 11.9 Å². The van der Waals surface area contributed by atoms with Gasteiger partial charge in [0.25, 0.3) is 0 Å². The molecular formula is C9H15N5O4. The SMILES string of the molecule is Cc1nc(CN(C)C(=O)N[C@H](CO)C(=O)O)n[nH]1. The summed E-state index contributed by atoms with van der Waals surface area (Å²) in [7, 11) is 1.47. The van der Waals surface area contributed by atoms with Crippen molar-refractivity contribution in [1.82, 2.24) is 25.4 Å². The Morgan fingerprint density at radius 2 is 2.22 bits per heavy atom. The van der Waals surface area contributed by atoms with E-state index in [9.17, 15) is 9.59 Å². The number of amides is 2. The molecule has 0 bridgehead atoms. The zero-order valence-corrected chi connectivity index (χ0v) is 10.0. The molecule has 18 heavy (non-hydrogen) atoms. The normalized spacial score (nSPS) is 11.9. The van der Waals surface area contributed by atoms with E-state index in [0.29, 0.717) is 11.6 Å². The Bertz CT molecular complexity index is 432. The van der Waals surface area contributed by atoms with Crippen LogP contribution in [0.5, 0.6) is 0 Å². The van der Waals surface area contributed by atoms with Crippen molar-refractivity contribution >= 4 is 12.0 Å². The number of aryl methyl sites for hydroxylation is 1. The molecule has 9 nitrogen and oxygen atoms in total. The smallest absolute Gasteiger partial charge is 0.328 e. The summed E-state index contributed by atoms with van der Waals surface area (Å²) in [6.07, 6.45) is 0. The predicted octanol–water partition coefficient (Wildman–Crippen LogP) is -1.30. The number of H-pyrrole nitrogens is 1. The molecule has 1 heterocycles. The van der Waals surface area contributed by atoms with Gasteiger partial charge >= 0.3 is 12.0 Å². The molecule has 100 valence electrons. The molecule has 0 aliphatic heterocycles. The van der Waals surface area contributed by atoms with Crippen molar-refractivity contribution in [3.63, 3.8) is 0 Å². The molecule has 1 aromatic rings. The maximum Gasteiger partial charge on any atom is 0.328 e. The Hall–Kier alpha value is -2.16. The van der Waals surface area contributed by atoms with Crippen molar-refractivity contribution in [3.05, 3.63) is 11.6 Å². The molecule has 1 rings (SSSR count). The van der Waals surface area contributed by atoms with E-state index in [1.807, 2.05) is 0 Å². The molecule has 0 unspecified atom stereocenters. The number of hydrogen-bond acceptors (Lipinski definition) is 5. The van der Waals surface area contributed by atoms with Gasteiger partial charge in [-0.05, 0) is 6.92 Å². The number of aromatic nitrogens is 3. The fourth-order valence-corrected chi connectivity index (χ4v) is 1.19. The molecule has 0 saturated carbocycles. The van der Waals surface area contributed by atoms with E-state index >= 15 is 0 Å². The Labute approximate surface area is 103 Å². The summed E-state index contributed by atoms with van der Waals surface area (Å²) in [5.74, 6) is -0.258. The number of carbonyl (C=O) groups excluding carboxylic acids is 1. The summed E-state index contributed by atoms with van der Waals surface area (Å²) in [4.78, 5) is 27.5. The minimum atomic E-state index is -1.33. The van der Waals surface area contributed by atoms with Crippen LogP contribution in [0.15, 0.2) is 0 Å². The van der Waals surface area contributed by atoms with Crippen LogP contribution in [0.1, 0.15) is 11.6 Å². The number of rotatable bonds is 5. The monoisotopic (exact) mass is 257 g/mol. The van der Waals surface area contributed by atoms with E-state index < -0.39 is 24.6 Å². The second kappa shape index (κ2) is 5.96. The highest BCUT2D eigenvalue weighted by Crippen LogP contribution is 1.97. The zero-order valence-electron chi connectivity index (χ0n) is 10.0. The molecule has 0 radical (unpaired) electrons. The van der Waals surface area contributed by atoms with Gasteiger partial charge in [-0.1, -0.05) is 0 Å². The zero-order chi connectivity index (χ0) is 13.7. The van der Waals surface area contributed by atoms with E-state index in [-0.39, 0.29) is 6.54 Å². The molecule has 0 spiro atoms. The molecule has 0 aromatic carbocycles. The van der Waals surface area contributed by atoms with Gasteiger partial charge in [-0.15, -0.1) is 0 Å². The summed E-state index contributed by atoms with van der Waals surface area (Å²) >= 11 is 0. The van der Waals surface area contributed by atoms with Crippen LogP contribution in [-0.4, -0.2) is 62.0 Å². The number of aliphatic carboxylic acids is 1. The highest BCUT2D eigenvalue weighted by molar-refractivity contribution is 5.82. The Morgan fingerprint density at radius 1 is 1.56 bits per heavy atom. The van der Waals surface area contributed by atoms with Crippen molar-refractivity contribution < 1.29 is 19.8 Å². The second-order valence-electron chi connectivity index (χ2n) is 3.72.